The number of ether oxygens (including phenoxy) is 2. The van der Waals surface area contributed by atoms with Crippen molar-refractivity contribution >= 4 is 12.2 Å². The molecule has 2 heterocycles. The summed E-state index contributed by atoms with van der Waals surface area (Å²) in [6, 6.07) is 16.5. The lowest BCUT2D eigenvalue weighted by Gasteiger charge is -2.32. The van der Waals surface area contributed by atoms with Gasteiger partial charge in [0.05, 0.1) is 12.8 Å². The Morgan fingerprint density at radius 1 is 1.09 bits per heavy atom. The molecule has 1 aliphatic heterocycles. The lowest BCUT2D eigenvalue weighted by molar-refractivity contribution is -0.937. The summed E-state index contributed by atoms with van der Waals surface area (Å²) in [7, 11) is 1.68. The Balaban J connectivity index is 1.82. The third-order valence-electron chi connectivity index (χ3n) is 5.98. The Hall–Kier alpha value is -2.48. The summed E-state index contributed by atoms with van der Waals surface area (Å²) in [4.78, 5) is 1.43. The van der Waals surface area contributed by atoms with Crippen molar-refractivity contribution in [1.82, 2.24) is 14.3 Å². The van der Waals surface area contributed by atoms with Gasteiger partial charge in [-0.15, -0.1) is 5.10 Å². The van der Waals surface area contributed by atoms with Crippen molar-refractivity contribution in [2.24, 2.45) is 0 Å². The average Bonchev–Trinajstić information content (AvgIpc) is 3.08. The van der Waals surface area contributed by atoms with E-state index in [0.717, 1.165) is 42.6 Å². The number of nitrogens with one attached hydrogen (secondary N) is 1. The van der Waals surface area contributed by atoms with Gasteiger partial charge in [0, 0.05) is 5.56 Å². The van der Waals surface area contributed by atoms with Crippen molar-refractivity contribution in [2.45, 2.75) is 52.5 Å². The fourth-order valence-corrected chi connectivity index (χ4v) is 4.85. The molecule has 1 N–H and O–H groups in total. The van der Waals surface area contributed by atoms with E-state index >= 15 is 0 Å². The minimum Gasteiger partial charge on any atom is -0.497 e. The second-order valence-corrected chi connectivity index (χ2v) is 9.32. The van der Waals surface area contributed by atoms with Crippen LogP contribution in [-0.2, 0) is 11.4 Å². The first-order valence-electron chi connectivity index (χ1n) is 11.3. The third kappa shape index (κ3) is 4.65. The summed E-state index contributed by atoms with van der Waals surface area (Å²) in [5.41, 5.74) is 3.34. The number of methoxy groups -OCH3 is 1. The maximum atomic E-state index is 6.01. The van der Waals surface area contributed by atoms with Crippen LogP contribution in [0.25, 0.3) is 17.1 Å². The molecule has 1 fully saturated rings. The first kappa shape index (κ1) is 22.7. The van der Waals surface area contributed by atoms with Crippen LogP contribution in [0, 0.1) is 4.77 Å². The summed E-state index contributed by atoms with van der Waals surface area (Å²) in [6.45, 7) is 11.3. The van der Waals surface area contributed by atoms with Crippen molar-refractivity contribution in [1.29, 1.82) is 0 Å². The molecule has 170 valence electrons. The molecular formula is C25H33N4O2S+. The van der Waals surface area contributed by atoms with Crippen LogP contribution in [-0.4, -0.2) is 46.8 Å². The average molecular weight is 454 g/mol. The molecule has 0 saturated carbocycles. The zero-order valence-corrected chi connectivity index (χ0v) is 20.4. The summed E-state index contributed by atoms with van der Waals surface area (Å²) < 4.78 is 16.1. The third-order valence-corrected chi connectivity index (χ3v) is 6.37. The largest absolute Gasteiger partial charge is 0.497 e. The van der Waals surface area contributed by atoms with Gasteiger partial charge >= 0.3 is 0 Å². The number of morpholine rings is 1. The molecule has 1 aliphatic rings. The van der Waals surface area contributed by atoms with Gasteiger partial charge in [0.15, 0.2) is 12.5 Å². The molecular weight excluding hydrogens is 420 g/mol. The monoisotopic (exact) mass is 453 g/mol. The van der Waals surface area contributed by atoms with Gasteiger partial charge in [-0.2, -0.15) is 4.68 Å². The van der Waals surface area contributed by atoms with Crippen molar-refractivity contribution in [3.63, 3.8) is 0 Å². The molecule has 0 spiro atoms. The summed E-state index contributed by atoms with van der Waals surface area (Å²) in [5.74, 6) is 2.04. The topological polar surface area (TPSA) is 45.6 Å². The van der Waals surface area contributed by atoms with E-state index in [1.54, 1.807) is 7.11 Å². The summed E-state index contributed by atoms with van der Waals surface area (Å²) in [5, 5.41) is 5.03. The van der Waals surface area contributed by atoms with Gasteiger partial charge in [-0.1, -0.05) is 32.0 Å². The van der Waals surface area contributed by atoms with Crippen molar-refractivity contribution in [3.8, 4) is 22.8 Å². The smallest absolute Gasteiger partial charge is 0.207 e. The second kappa shape index (κ2) is 9.57. The summed E-state index contributed by atoms with van der Waals surface area (Å²) >= 11 is 6.01. The molecule has 0 radical (unpaired) electrons. The van der Waals surface area contributed by atoms with Gasteiger partial charge in [-0.3, -0.25) is 4.57 Å². The van der Waals surface area contributed by atoms with Crippen LogP contribution in [0.15, 0.2) is 48.5 Å². The van der Waals surface area contributed by atoms with Gasteiger partial charge in [-0.25, -0.2) is 0 Å². The van der Waals surface area contributed by atoms with Gasteiger partial charge < -0.3 is 14.4 Å². The Labute approximate surface area is 195 Å². The number of benzene rings is 2. The van der Waals surface area contributed by atoms with Crippen LogP contribution in [0.3, 0.4) is 0 Å². The van der Waals surface area contributed by atoms with E-state index in [2.05, 4.69) is 56.5 Å². The highest BCUT2D eigenvalue weighted by Gasteiger charge is 2.27. The van der Waals surface area contributed by atoms with Crippen molar-refractivity contribution in [3.05, 3.63) is 58.9 Å². The fraction of sp³-hybridized carbons (Fsp3) is 0.440. The van der Waals surface area contributed by atoms with Gasteiger partial charge in [0.2, 0.25) is 4.77 Å². The molecule has 1 aromatic heterocycles. The standard InChI is InChI=1S/C25H32N4O2S/c1-17(2)22-8-6-7-9-23(22)29-24(20-10-12-21(30-5)13-11-20)26-28(25(29)32)16-27-14-18(3)31-19(4)15-27/h6-13,17-19H,14-16H2,1-5H3/p+1/t18-,19+. The van der Waals surface area contributed by atoms with Crippen LogP contribution in [0.4, 0.5) is 0 Å². The van der Waals surface area contributed by atoms with Gasteiger partial charge in [0.1, 0.15) is 31.0 Å². The number of rotatable bonds is 6. The minimum atomic E-state index is 0.229. The normalized spacial score (nSPS) is 21.1. The number of quaternary nitrogens is 1. The van der Waals surface area contributed by atoms with Crippen LogP contribution < -0.4 is 9.64 Å². The Bertz CT molecular complexity index is 1110. The number of para-hydroxylation sites is 1. The van der Waals surface area contributed by atoms with Gasteiger partial charge in [-0.05, 0) is 67.9 Å². The Morgan fingerprint density at radius 3 is 2.38 bits per heavy atom. The molecule has 0 amide bonds. The number of nitrogens with zero attached hydrogens (tertiary/aromatic N) is 3. The van der Waals surface area contributed by atoms with Gasteiger partial charge in [0.25, 0.3) is 0 Å². The van der Waals surface area contributed by atoms with Crippen molar-refractivity contribution in [2.75, 3.05) is 20.2 Å². The SMILES string of the molecule is COc1ccc(-c2nn(C[NH+]3C[C@@H](C)O[C@@H](C)C3)c(=S)n2-c2ccccc2C(C)C)cc1. The lowest BCUT2D eigenvalue weighted by Crippen LogP contribution is -3.14. The van der Waals surface area contributed by atoms with E-state index in [-0.39, 0.29) is 12.2 Å². The molecule has 1 saturated heterocycles. The van der Waals surface area contributed by atoms with E-state index in [9.17, 15) is 0 Å². The molecule has 32 heavy (non-hydrogen) atoms. The van der Waals surface area contributed by atoms with E-state index in [0.29, 0.717) is 10.7 Å². The highest BCUT2D eigenvalue weighted by molar-refractivity contribution is 7.71. The zero-order chi connectivity index (χ0) is 22.8. The van der Waals surface area contributed by atoms with Crippen LogP contribution in [0.2, 0.25) is 0 Å². The predicted octanol–water partition coefficient (Wildman–Crippen LogP) is 3.85. The molecule has 2 aromatic carbocycles. The van der Waals surface area contributed by atoms with Crippen LogP contribution in [0.1, 0.15) is 39.2 Å². The lowest BCUT2D eigenvalue weighted by atomic mass is 10.0. The van der Waals surface area contributed by atoms with Crippen molar-refractivity contribution < 1.29 is 14.4 Å². The van der Waals surface area contributed by atoms with Crippen LogP contribution in [0.5, 0.6) is 5.75 Å². The fourth-order valence-electron chi connectivity index (χ4n) is 4.56. The van der Waals surface area contributed by atoms with E-state index in [4.69, 9.17) is 26.8 Å². The Kier molecular flexibility index (Phi) is 6.79. The highest BCUT2D eigenvalue weighted by atomic mass is 32.1. The molecule has 3 atom stereocenters. The van der Waals surface area contributed by atoms with E-state index < -0.39 is 0 Å². The quantitative estimate of drug-likeness (QED) is 0.576. The second-order valence-electron chi connectivity index (χ2n) is 8.96. The molecule has 6 nitrogen and oxygen atoms in total. The highest BCUT2D eigenvalue weighted by Crippen LogP contribution is 2.29. The summed E-state index contributed by atoms with van der Waals surface area (Å²) in [6.07, 6.45) is 0.459. The maximum Gasteiger partial charge on any atom is 0.207 e. The first-order valence-corrected chi connectivity index (χ1v) is 11.7. The maximum absolute atomic E-state index is 6.01. The number of hydrogen-bond donors (Lipinski definition) is 1. The van der Waals surface area contributed by atoms with Crippen LogP contribution >= 0.6 is 12.2 Å². The molecule has 1 unspecified atom stereocenters. The van der Waals surface area contributed by atoms with E-state index in [1.165, 1.54) is 10.5 Å². The number of aromatic nitrogens is 3. The molecule has 0 aliphatic carbocycles. The Morgan fingerprint density at radius 2 is 1.75 bits per heavy atom. The van der Waals surface area contributed by atoms with E-state index in [1.807, 2.05) is 28.9 Å². The predicted molar refractivity (Wildman–Crippen MR) is 129 cm³/mol. The molecule has 7 heteroatoms. The molecule has 4 rings (SSSR count). The zero-order valence-electron chi connectivity index (χ0n) is 19.5. The molecule has 0 bridgehead atoms. The first-order chi connectivity index (χ1) is 15.4. The molecule has 3 aromatic rings. The minimum absolute atomic E-state index is 0.229. The number of hydrogen-bond acceptors (Lipinski definition) is 4.